The summed E-state index contributed by atoms with van der Waals surface area (Å²) in [5.41, 5.74) is 0. The molecule has 0 bridgehead atoms. The highest BCUT2D eigenvalue weighted by atomic mass is 32.2. The fourth-order valence-corrected chi connectivity index (χ4v) is 4.55. The number of thioether (sulfide) groups is 2. The third kappa shape index (κ3) is 136. The Morgan fingerprint density at radius 2 is 0.604 bits per heavy atom. The number of hydrogen-bond acceptors (Lipinski definition) is 37. The van der Waals surface area contributed by atoms with E-state index in [4.69, 9.17) is 4.74 Å². The van der Waals surface area contributed by atoms with Crippen LogP contribution in [0.4, 0.5) is 0 Å². The summed E-state index contributed by atoms with van der Waals surface area (Å²) in [6, 6.07) is 0. The molecule has 0 heterocycles. The summed E-state index contributed by atoms with van der Waals surface area (Å²) in [5.74, 6) is -4.61. The Morgan fingerprint density at radius 3 is 0.871 bits per heavy atom. The van der Waals surface area contributed by atoms with Gasteiger partial charge >= 0.3 is 89.5 Å². The molecule has 37 heteroatoms. The van der Waals surface area contributed by atoms with Gasteiger partial charge in [0.1, 0.15) is 56.4 Å². The predicted molar refractivity (Wildman–Crippen MR) is 365 cm³/mol. The third-order valence-electron chi connectivity index (χ3n) is 8.24. The Labute approximate surface area is 602 Å². The van der Waals surface area contributed by atoms with Crippen LogP contribution >= 0.6 is 23.5 Å². The van der Waals surface area contributed by atoms with Gasteiger partial charge in [-0.05, 0) is 74.3 Å². The average Bonchev–Trinajstić information content (AvgIpc) is 3.65. The standard InChI is InChI=1S/2C7H12O4.C7H12O3.2C6H10O4.C6H10O3.C6H12O3.C6H12O2S.C5H8O3.C4H8O3.C4H8O2S/c1-3-10-6(8)5-7(9)11-4-2;1-3-6(8)11-5-7(9)10-4-2;1-3-6(8)5-7(9)10-4-2;1-3-10-6(8)4-5(7)9-2;1-3-5(7)10-4-6(8)9-2;1-3-5(7)4-6(8)9-2;1-3-8-5-6(7)9-4-2;1-3-8-6(7)5-9-4-2;1-4(6)3-8-5(2)7;1-4(5)7-3-6-2;1-4(5)6-3-7-2/h2*3-5H2,1-2H3;3-5H2,1-2H3;2*3-4H2,1-2H3;3-4H2,1-2H3;2*3-5H2,1-2H3;3H2,1-2H3;2*3H2,1-2H3. The van der Waals surface area contributed by atoms with E-state index in [9.17, 15) is 86.3 Å². The van der Waals surface area contributed by atoms with E-state index in [2.05, 4.69) is 75.8 Å². The second-order valence-corrected chi connectivity index (χ2v) is 18.8. The van der Waals surface area contributed by atoms with E-state index in [1.165, 1.54) is 67.9 Å². The van der Waals surface area contributed by atoms with Crippen molar-refractivity contribution in [3.8, 4) is 0 Å². The first-order chi connectivity index (χ1) is 47.5. The molecule has 0 unspecified atom stereocenters. The number of hydrogen-bond donors (Lipinski definition) is 0. The lowest BCUT2D eigenvalue weighted by Gasteiger charge is -2.01. The van der Waals surface area contributed by atoms with Crippen molar-refractivity contribution < 1.29 is 167 Å². The molecule has 0 saturated carbocycles. The lowest BCUT2D eigenvalue weighted by Crippen LogP contribution is -2.15. The Hall–Kier alpha value is -8.32. The van der Waals surface area contributed by atoms with Crippen molar-refractivity contribution in [2.75, 3.05) is 138 Å². The zero-order valence-electron chi connectivity index (χ0n) is 63.1. The van der Waals surface area contributed by atoms with Crippen LogP contribution in [0.15, 0.2) is 0 Å². The zero-order valence-corrected chi connectivity index (χ0v) is 64.7. The second kappa shape index (κ2) is 95.9. The number of Topliss-reactive ketones (excluding diaryl/α,β-unsaturated/α-hetero) is 3. The van der Waals surface area contributed by atoms with Gasteiger partial charge < -0.3 is 80.5 Å². The van der Waals surface area contributed by atoms with E-state index in [1.807, 2.05) is 27.0 Å². The molecule has 0 atom stereocenters. The highest BCUT2D eigenvalue weighted by Gasteiger charge is 2.12. The fraction of sp³-hybridized carbons (Fsp3) is 0.719. The molecular weight excluding hydrogens is 1390 g/mol. The fourth-order valence-electron chi connectivity index (χ4n) is 3.81. The molecule has 0 aromatic rings. The van der Waals surface area contributed by atoms with Crippen molar-refractivity contribution in [2.45, 2.75) is 169 Å². The minimum atomic E-state index is -0.571. The van der Waals surface area contributed by atoms with Gasteiger partial charge in [-0.1, -0.05) is 34.6 Å². The second-order valence-electron chi connectivity index (χ2n) is 16.7. The van der Waals surface area contributed by atoms with Crippen LogP contribution in [0.25, 0.3) is 0 Å². The lowest BCUT2D eigenvalue weighted by atomic mass is 10.2. The smallest absolute Gasteiger partial charge is 0.344 e. The van der Waals surface area contributed by atoms with Gasteiger partial charge in [0, 0.05) is 60.2 Å². The summed E-state index contributed by atoms with van der Waals surface area (Å²) >= 11 is 3.07. The Balaban J connectivity index is -0.0000000983. The van der Waals surface area contributed by atoms with E-state index in [1.54, 1.807) is 81.0 Å². The normalized spacial score (nSPS) is 8.73. The third-order valence-corrected chi connectivity index (χ3v) is 9.44. The molecule has 35 nitrogen and oxygen atoms in total. The first kappa shape index (κ1) is 117. The van der Waals surface area contributed by atoms with Gasteiger partial charge in [-0.3, -0.25) is 71.9 Å². The molecule has 0 N–H and O–H groups in total. The number of ketones is 3. The number of methoxy groups -OCH3 is 4. The van der Waals surface area contributed by atoms with Crippen LogP contribution in [0.5, 0.6) is 0 Å². The van der Waals surface area contributed by atoms with Crippen LogP contribution in [0, 0.1) is 0 Å². The number of carbonyl (C=O) groups is 18. The largest absolute Gasteiger partial charge is 0.469 e. The van der Waals surface area contributed by atoms with Crippen molar-refractivity contribution >= 4 is 130 Å². The summed E-state index contributed by atoms with van der Waals surface area (Å²) < 4.78 is 75.8. The molecule has 0 radical (unpaired) electrons. The summed E-state index contributed by atoms with van der Waals surface area (Å²) in [6.45, 7) is 30.4. The first-order valence-electron chi connectivity index (χ1n) is 31.2. The monoisotopic (exact) mass is 1510 g/mol. The Kier molecular flexibility index (Phi) is 111. The molecule has 101 heavy (non-hydrogen) atoms. The minimum Gasteiger partial charge on any atom is -0.469 e. The summed E-state index contributed by atoms with van der Waals surface area (Å²) in [4.78, 5) is 187. The first-order valence-corrected chi connectivity index (χ1v) is 33.7. The van der Waals surface area contributed by atoms with Crippen molar-refractivity contribution in [1.29, 1.82) is 0 Å². The zero-order chi connectivity index (χ0) is 80.8. The molecule has 0 aliphatic carbocycles. The maximum absolute atomic E-state index is 10.6. The van der Waals surface area contributed by atoms with E-state index >= 15 is 0 Å². The molecule has 0 spiro atoms. The van der Waals surface area contributed by atoms with Crippen LogP contribution in [0.1, 0.15) is 169 Å². The van der Waals surface area contributed by atoms with Gasteiger partial charge in [0.2, 0.25) is 0 Å². The number of rotatable bonds is 35. The van der Waals surface area contributed by atoms with Crippen molar-refractivity contribution in [1.82, 2.24) is 0 Å². The van der Waals surface area contributed by atoms with Gasteiger partial charge in [-0.15, -0.1) is 11.8 Å². The topological polar surface area (TPSA) is 464 Å². The molecular formula is C64H114O35S2. The molecule has 0 aromatic heterocycles. The predicted octanol–water partition coefficient (Wildman–Crippen LogP) is 5.73. The average molecular weight is 1510 g/mol. The van der Waals surface area contributed by atoms with Crippen molar-refractivity contribution in [2.24, 2.45) is 0 Å². The van der Waals surface area contributed by atoms with Crippen LogP contribution < -0.4 is 0 Å². The highest BCUT2D eigenvalue weighted by Crippen LogP contribution is 1.99. The minimum absolute atomic E-state index is 0.0509. The van der Waals surface area contributed by atoms with Gasteiger partial charge in [0.25, 0.3) is 0 Å². The highest BCUT2D eigenvalue weighted by molar-refractivity contribution is 7.99. The summed E-state index contributed by atoms with van der Waals surface area (Å²) in [5, 5.41) is 0. The van der Waals surface area contributed by atoms with Gasteiger partial charge in [0.05, 0.1) is 73.3 Å². The van der Waals surface area contributed by atoms with Crippen molar-refractivity contribution in [3.05, 3.63) is 0 Å². The molecule has 0 aliphatic heterocycles. The quantitative estimate of drug-likeness (QED) is 0.0316. The van der Waals surface area contributed by atoms with E-state index in [0.29, 0.717) is 57.6 Å². The number of carbonyl (C=O) groups excluding carboxylic acids is 18. The van der Waals surface area contributed by atoms with Crippen LogP contribution in [0.2, 0.25) is 0 Å². The maximum atomic E-state index is 10.6. The molecule has 0 aliphatic rings. The Morgan fingerprint density at radius 1 is 0.287 bits per heavy atom. The summed E-state index contributed by atoms with van der Waals surface area (Å²) in [7, 11) is 5.19. The Bertz CT molecular complexity index is 2090. The lowest BCUT2D eigenvalue weighted by molar-refractivity contribution is -0.158. The summed E-state index contributed by atoms with van der Waals surface area (Å²) in [6.07, 6.45) is 2.47. The molecule has 592 valence electrons. The van der Waals surface area contributed by atoms with Crippen LogP contribution in [0.3, 0.4) is 0 Å². The molecule has 0 rings (SSSR count). The van der Waals surface area contributed by atoms with E-state index in [-0.39, 0.29) is 133 Å². The number of ether oxygens (including phenoxy) is 17. The van der Waals surface area contributed by atoms with E-state index < -0.39 is 65.7 Å². The van der Waals surface area contributed by atoms with E-state index in [0.717, 1.165) is 5.75 Å². The number of esters is 15. The molecule has 0 amide bonds. The van der Waals surface area contributed by atoms with Gasteiger partial charge in [-0.25, -0.2) is 14.4 Å². The molecule has 0 saturated heterocycles. The SMILES string of the molecule is CC(=O)COC(C)=O.CCC(=O)CC(=O)OC.CCC(=O)OCC(=O)OC.CCOC(=O)CC(=O)CC.CCOC(=O)CC(=O)OC.CCOC(=O)CC(=O)OCC.CCOC(=O)COC(=O)CC.CCOC(=O)CSCC.CCOCC(=O)OCC.COCOC(C)=O.CSCOC(C)=O. The van der Waals surface area contributed by atoms with Gasteiger partial charge in [0.15, 0.2) is 25.8 Å². The van der Waals surface area contributed by atoms with Gasteiger partial charge in [-0.2, -0.15) is 11.8 Å². The molecule has 0 fully saturated rings. The maximum Gasteiger partial charge on any atom is 0.344 e. The van der Waals surface area contributed by atoms with Crippen LogP contribution in [-0.2, 0) is 167 Å². The van der Waals surface area contributed by atoms with Crippen LogP contribution in [-0.4, -0.2) is 245 Å². The van der Waals surface area contributed by atoms with Crippen molar-refractivity contribution in [3.63, 3.8) is 0 Å². The molecule has 0 aromatic carbocycles.